The van der Waals surface area contributed by atoms with E-state index in [2.05, 4.69) is 10.2 Å². The normalized spacial score (nSPS) is 12.9. The first kappa shape index (κ1) is 18.6. The highest BCUT2D eigenvalue weighted by atomic mass is 32.2. The van der Waals surface area contributed by atoms with Crippen molar-refractivity contribution in [1.82, 2.24) is 10.2 Å². The van der Waals surface area contributed by atoms with E-state index in [1.165, 1.54) is 19.1 Å². The van der Waals surface area contributed by atoms with Crippen molar-refractivity contribution in [2.24, 2.45) is 5.92 Å². The van der Waals surface area contributed by atoms with Crippen LogP contribution in [0.2, 0.25) is 0 Å². The van der Waals surface area contributed by atoms with Crippen LogP contribution in [0, 0.1) is 28.5 Å². The van der Waals surface area contributed by atoms with Crippen molar-refractivity contribution in [2.75, 3.05) is 5.75 Å². The monoisotopic (exact) mass is 362 g/mol. The molecule has 2 aromatic rings. The minimum Gasteiger partial charge on any atom is -0.478 e. The van der Waals surface area contributed by atoms with Gasteiger partial charge in [-0.25, -0.2) is 4.39 Å². The van der Waals surface area contributed by atoms with Gasteiger partial charge in [0.05, 0.1) is 11.8 Å². The van der Waals surface area contributed by atoms with E-state index in [0.717, 1.165) is 11.8 Å². The van der Waals surface area contributed by atoms with E-state index in [1.54, 1.807) is 25.1 Å². The number of benzene rings is 1. The highest BCUT2D eigenvalue weighted by Gasteiger charge is 2.22. The molecule has 0 radical (unpaired) electrons. The standard InChI is InChI=1S/C16H15FN4O3S/c1-9(19)11(7-18)13(22)8-25-16-21-20-15(24-16)10(2)23-14-6-4-3-5-12(14)17/h3-6,10-11,19H,8H2,1-2H3/t10-,11+/m0/s1. The molecule has 130 valence electrons. The predicted octanol–water partition coefficient (Wildman–Crippen LogP) is 3.19. The second-order valence-corrected chi connectivity index (χ2v) is 6.02. The van der Waals surface area contributed by atoms with Crippen LogP contribution in [-0.4, -0.2) is 27.4 Å². The molecule has 1 heterocycles. The summed E-state index contributed by atoms with van der Waals surface area (Å²) in [6, 6.07) is 7.74. The number of rotatable bonds is 8. The van der Waals surface area contributed by atoms with E-state index >= 15 is 0 Å². The summed E-state index contributed by atoms with van der Waals surface area (Å²) < 4.78 is 24.4. The van der Waals surface area contributed by atoms with E-state index < -0.39 is 23.6 Å². The zero-order valence-corrected chi connectivity index (χ0v) is 14.3. The third-order valence-corrected chi connectivity index (χ3v) is 3.97. The Hall–Kier alpha value is -2.73. The van der Waals surface area contributed by atoms with Crippen LogP contribution >= 0.6 is 11.8 Å². The maximum atomic E-state index is 13.6. The molecule has 1 aromatic heterocycles. The highest BCUT2D eigenvalue weighted by Crippen LogP contribution is 2.25. The van der Waals surface area contributed by atoms with Gasteiger partial charge in [0.25, 0.3) is 11.1 Å². The first-order valence-electron chi connectivity index (χ1n) is 7.27. The van der Waals surface area contributed by atoms with Gasteiger partial charge in [0, 0.05) is 5.71 Å². The summed E-state index contributed by atoms with van der Waals surface area (Å²) in [5.74, 6) is -1.85. The van der Waals surface area contributed by atoms with Crippen LogP contribution in [0.25, 0.3) is 0 Å². The van der Waals surface area contributed by atoms with Crippen LogP contribution in [0.1, 0.15) is 25.8 Å². The summed E-state index contributed by atoms with van der Waals surface area (Å²) in [5, 5.41) is 24.0. The van der Waals surface area contributed by atoms with E-state index in [0.29, 0.717) is 0 Å². The predicted molar refractivity (Wildman–Crippen MR) is 88.0 cm³/mol. The maximum absolute atomic E-state index is 13.6. The molecule has 0 amide bonds. The lowest BCUT2D eigenvalue weighted by molar-refractivity contribution is -0.117. The van der Waals surface area contributed by atoms with Gasteiger partial charge in [0.2, 0.25) is 0 Å². The van der Waals surface area contributed by atoms with Gasteiger partial charge in [-0.15, -0.1) is 10.2 Å². The number of halogens is 1. The fraction of sp³-hybridized carbons (Fsp3) is 0.312. The van der Waals surface area contributed by atoms with Gasteiger partial charge >= 0.3 is 0 Å². The van der Waals surface area contributed by atoms with Crippen molar-refractivity contribution >= 4 is 23.3 Å². The number of thioether (sulfide) groups is 1. The van der Waals surface area contributed by atoms with Crippen LogP contribution < -0.4 is 4.74 Å². The zero-order valence-electron chi connectivity index (χ0n) is 13.5. The number of aromatic nitrogens is 2. The first-order valence-corrected chi connectivity index (χ1v) is 8.25. The van der Waals surface area contributed by atoms with Gasteiger partial charge in [-0.2, -0.15) is 5.26 Å². The summed E-state index contributed by atoms with van der Waals surface area (Å²) >= 11 is 0.970. The summed E-state index contributed by atoms with van der Waals surface area (Å²) in [5.41, 5.74) is -0.00812. The molecule has 1 N–H and O–H groups in total. The number of para-hydroxylation sites is 1. The molecule has 9 heteroatoms. The van der Waals surface area contributed by atoms with Gasteiger partial charge < -0.3 is 14.6 Å². The lowest BCUT2D eigenvalue weighted by Crippen LogP contribution is -2.21. The largest absolute Gasteiger partial charge is 0.478 e. The van der Waals surface area contributed by atoms with Crippen molar-refractivity contribution in [2.45, 2.75) is 25.2 Å². The lowest BCUT2D eigenvalue weighted by atomic mass is 10.0. The third-order valence-electron chi connectivity index (χ3n) is 3.13. The Balaban J connectivity index is 1.96. The first-order chi connectivity index (χ1) is 11.9. The molecule has 25 heavy (non-hydrogen) atoms. The SMILES string of the molecule is CC(=N)[C@@H](C#N)C(=O)CSc1nnc([C@H](C)Oc2ccccc2F)o1. The van der Waals surface area contributed by atoms with Crippen LogP contribution in [0.3, 0.4) is 0 Å². The molecule has 0 bridgehead atoms. The summed E-state index contributed by atoms with van der Waals surface area (Å²) in [7, 11) is 0. The van der Waals surface area contributed by atoms with Gasteiger partial charge in [-0.3, -0.25) is 4.79 Å². The van der Waals surface area contributed by atoms with E-state index in [9.17, 15) is 9.18 Å². The Bertz CT molecular complexity index is 818. The van der Waals surface area contributed by atoms with Gasteiger partial charge in [-0.1, -0.05) is 23.9 Å². The molecule has 1 aromatic carbocycles. The molecule has 0 aliphatic carbocycles. The Morgan fingerprint density at radius 2 is 2.20 bits per heavy atom. The molecule has 7 nitrogen and oxygen atoms in total. The number of ketones is 1. The van der Waals surface area contributed by atoms with Crippen LogP contribution in [0.4, 0.5) is 4.39 Å². The number of Topliss-reactive ketones (excluding diaryl/α,β-unsaturated/α-hetero) is 1. The number of hydrogen-bond donors (Lipinski definition) is 1. The highest BCUT2D eigenvalue weighted by molar-refractivity contribution is 7.99. The number of ether oxygens (including phenoxy) is 1. The fourth-order valence-electron chi connectivity index (χ4n) is 1.85. The molecular formula is C16H15FN4O3S. The number of nitrogens with one attached hydrogen (secondary N) is 1. The van der Waals surface area contributed by atoms with Crippen molar-refractivity contribution in [3.63, 3.8) is 0 Å². The lowest BCUT2D eigenvalue weighted by Gasteiger charge is -2.11. The Morgan fingerprint density at radius 1 is 1.48 bits per heavy atom. The van der Waals surface area contributed by atoms with Crippen LogP contribution in [0.5, 0.6) is 5.75 Å². The molecule has 0 saturated carbocycles. The maximum Gasteiger partial charge on any atom is 0.277 e. The molecule has 0 fully saturated rings. The minimum atomic E-state index is -1.07. The summed E-state index contributed by atoms with van der Waals surface area (Å²) in [6.45, 7) is 3.03. The van der Waals surface area contributed by atoms with E-state index in [1.807, 2.05) is 0 Å². The molecule has 0 unspecified atom stereocenters. The molecule has 2 atom stereocenters. The Kier molecular flexibility index (Phi) is 6.25. The minimum absolute atomic E-state index is 0.00812. The Labute approximate surface area is 147 Å². The number of nitrogens with zero attached hydrogens (tertiary/aromatic N) is 3. The molecule has 0 spiro atoms. The molecule has 0 aliphatic heterocycles. The molecular weight excluding hydrogens is 347 g/mol. The van der Waals surface area contributed by atoms with Gasteiger partial charge in [0.15, 0.2) is 23.5 Å². The fourth-order valence-corrected chi connectivity index (χ4v) is 2.53. The zero-order chi connectivity index (χ0) is 18.4. The molecule has 0 aliphatic rings. The second-order valence-electron chi connectivity index (χ2n) is 5.10. The van der Waals surface area contributed by atoms with E-state index in [-0.39, 0.29) is 28.3 Å². The van der Waals surface area contributed by atoms with Gasteiger partial charge in [-0.05, 0) is 26.0 Å². The summed E-state index contributed by atoms with van der Waals surface area (Å²) in [4.78, 5) is 11.9. The van der Waals surface area contributed by atoms with Gasteiger partial charge in [0.1, 0.15) is 5.92 Å². The molecule has 0 saturated heterocycles. The van der Waals surface area contributed by atoms with Crippen molar-refractivity contribution in [3.8, 4) is 11.8 Å². The topological polar surface area (TPSA) is 113 Å². The van der Waals surface area contributed by atoms with Crippen molar-refractivity contribution < 1.29 is 18.3 Å². The molecule has 2 rings (SSSR count). The van der Waals surface area contributed by atoms with Crippen LogP contribution in [-0.2, 0) is 4.79 Å². The third kappa shape index (κ3) is 4.87. The average Bonchev–Trinajstić information content (AvgIpc) is 3.04. The second kappa shape index (κ2) is 8.39. The number of hydrogen-bond acceptors (Lipinski definition) is 8. The van der Waals surface area contributed by atoms with Crippen LogP contribution in [0.15, 0.2) is 33.9 Å². The Morgan fingerprint density at radius 3 is 2.84 bits per heavy atom. The number of nitriles is 1. The number of carbonyl (C=O) groups is 1. The quantitative estimate of drug-likeness (QED) is 0.566. The smallest absolute Gasteiger partial charge is 0.277 e. The van der Waals surface area contributed by atoms with E-state index in [4.69, 9.17) is 19.8 Å². The summed E-state index contributed by atoms with van der Waals surface area (Å²) in [6.07, 6.45) is -0.676. The number of carbonyl (C=O) groups excluding carboxylic acids is 1. The average molecular weight is 362 g/mol. The van der Waals surface area contributed by atoms with Crippen molar-refractivity contribution in [3.05, 3.63) is 36.0 Å². The van der Waals surface area contributed by atoms with Crippen molar-refractivity contribution in [1.29, 1.82) is 10.7 Å².